The average Bonchev–Trinajstić information content (AvgIpc) is 2.54. The SMILES string of the molecule is N[C@@H](CS)C(=O)Nc1cccc(Oc2cccc(C(=O)O)c2)c1. The molecule has 0 heterocycles. The van der Waals surface area contributed by atoms with Crippen LogP contribution >= 0.6 is 12.6 Å². The van der Waals surface area contributed by atoms with Crippen LogP contribution < -0.4 is 15.8 Å². The Bertz CT molecular complexity index is 721. The first-order valence-electron chi connectivity index (χ1n) is 6.78. The molecule has 7 heteroatoms. The Morgan fingerprint density at radius 3 is 2.48 bits per heavy atom. The summed E-state index contributed by atoms with van der Waals surface area (Å²) in [6.45, 7) is 0. The number of hydrogen-bond acceptors (Lipinski definition) is 5. The summed E-state index contributed by atoms with van der Waals surface area (Å²) < 4.78 is 5.62. The second kappa shape index (κ2) is 7.66. The molecule has 0 radical (unpaired) electrons. The van der Waals surface area contributed by atoms with Gasteiger partial charge in [-0.1, -0.05) is 12.1 Å². The summed E-state index contributed by atoms with van der Waals surface area (Å²) in [4.78, 5) is 22.7. The number of amides is 1. The van der Waals surface area contributed by atoms with Gasteiger partial charge in [-0.25, -0.2) is 4.79 Å². The van der Waals surface area contributed by atoms with Crippen molar-refractivity contribution in [2.75, 3.05) is 11.1 Å². The van der Waals surface area contributed by atoms with Gasteiger partial charge in [-0.3, -0.25) is 4.79 Å². The molecule has 0 aliphatic rings. The average molecular weight is 332 g/mol. The summed E-state index contributed by atoms with van der Waals surface area (Å²) in [5.41, 5.74) is 6.25. The third-order valence-electron chi connectivity index (χ3n) is 2.95. The summed E-state index contributed by atoms with van der Waals surface area (Å²) in [6, 6.07) is 12.2. The number of aromatic carboxylic acids is 1. The van der Waals surface area contributed by atoms with Crippen LogP contribution in [0.15, 0.2) is 48.5 Å². The Kier molecular flexibility index (Phi) is 5.61. The number of hydrogen-bond donors (Lipinski definition) is 4. The van der Waals surface area contributed by atoms with Crippen LogP contribution in [0.5, 0.6) is 11.5 Å². The highest BCUT2D eigenvalue weighted by atomic mass is 32.1. The molecule has 0 aliphatic carbocycles. The van der Waals surface area contributed by atoms with E-state index < -0.39 is 12.0 Å². The van der Waals surface area contributed by atoms with Crippen molar-refractivity contribution < 1.29 is 19.4 Å². The van der Waals surface area contributed by atoms with Crippen molar-refractivity contribution in [2.45, 2.75) is 6.04 Å². The molecule has 0 unspecified atom stereocenters. The second-order valence-electron chi connectivity index (χ2n) is 4.74. The van der Waals surface area contributed by atoms with Crippen LogP contribution in [-0.4, -0.2) is 28.8 Å². The van der Waals surface area contributed by atoms with E-state index in [0.29, 0.717) is 17.2 Å². The first-order valence-corrected chi connectivity index (χ1v) is 7.41. The molecule has 0 fully saturated rings. The van der Waals surface area contributed by atoms with Gasteiger partial charge in [0.2, 0.25) is 5.91 Å². The van der Waals surface area contributed by atoms with Gasteiger partial charge in [0.1, 0.15) is 11.5 Å². The zero-order valence-corrected chi connectivity index (χ0v) is 13.0. The fourth-order valence-corrected chi connectivity index (χ4v) is 1.95. The standard InChI is InChI=1S/C16H16N2O4S/c17-14(9-23)15(19)18-11-4-2-6-13(8-11)22-12-5-1-3-10(7-12)16(20)21/h1-8,14,23H,9,17H2,(H,18,19)(H,20,21)/t14-/m0/s1. The molecule has 2 rings (SSSR count). The van der Waals surface area contributed by atoms with Crippen molar-refractivity contribution in [1.29, 1.82) is 0 Å². The summed E-state index contributed by atoms with van der Waals surface area (Å²) in [6.07, 6.45) is 0. The molecular weight excluding hydrogens is 316 g/mol. The molecule has 4 N–H and O–H groups in total. The van der Waals surface area contributed by atoms with Crippen LogP contribution in [-0.2, 0) is 4.79 Å². The van der Waals surface area contributed by atoms with E-state index in [4.69, 9.17) is 15.6 Å². The minimum absolute atomic E-state index is 0.131. The van der Waals surface area contributed by atoms with E-state index in [1.165, 1.54) is 12.1 Å². The highest BCUT2D eigenvalue weighted by Gasteiger charge is 2.12. The normalized spacial score (nSPS) is 11.6. The van der Waals surface area contributed by atoms with Gasteiger partial charge >= 0.3 is 5.97 Å². The number of carbonyl (C=O) groups excluding carboxylic acids is 1. The van der Waals surface area contributed by atoms with Crippen LogP contribution in [0.3, 0.4) is 0 Å². The maximum Gasteiger partial charge on any atom is 0.335 e. The van der Waals surface area contributed by atoms with Crippen molar-refractivity contribution in [1.82, 2.24) is 0 Å². The maximum atomic E-state index is 11.7. The molecule has 0 saturated heterocycles. The van der Waals surface area contributed by atoms with Crippen molar-refractivity contribution in [3.8, 4) is 11.5 Å². The molecular formula is C16H16N2O4S. The van der Waals surface area contributed by atoms with E-state index in [0.717, 1.165) is 0 Å². The predicted octanol–water partition coefficient (Wildman–Crippen LogP) is 2.37. The second-order valence-corrected chi connectivity index (χ2v) is 5.11. The number of nitrogens with one attached hydrogen (secondary N) is 1. The summed E-state index contributed by atoms with van der Waals surface area (Å²) in [5, 5.41) is 11.6. The van der Waals surface area contributed by atoms with Crippen molar-refractivity contribution in [3.05, 3.63) is 54.1 Å². The largest absolute Gasteiger partial charge is 0.478 e. The van der Waals surface area contributed by atoms with E-state index in [1.807, 2.05) is 0 Å². The smallest absolute Gasteiger partial charge is 0.335 e. The molecule has 23 heavy (non-hydrogen) atoms. The molecule has 1 atom stereocenters. The monoisotopic (exact) mass is 332 g/mol. The van der Waals surface area contributed by atoms with E-state index in [1.54, 1.807) is 36.4 Å². The molecule has 2 aromatic rings. The Morgan fingerprint density at radius 2 is 1.83 bits per heavy atom. The lowest BCUT2D eigenvalue weighted by Crippen LogP contribution is -2.37. The van der Waals surface area contributed by atoms with Crippen LogP contribution in [0.2, 0.25) is 0 Å². The molecule has 0 spiro atoms. The number of carboxylic acid groups (broad SMARTS) is 1. The van der Waals surface area contributed by atoms with Gasteiger partial charge < -0.3 is 20.9 Å². The molecule has 2 aromatic carbocycles. The Labute approximate surface area is 138 Å². The molecule has 120 valence electrons. The molecule has 0 aromatic heterocycles. The predicted molar refractivity (Wildman–Crippen MR) is 90.4 cm³/mol. The topological polar surface area (TPSA) is 102 Å². The third-order valence-corrected chi connectivity index (χ3v) is 3.35. The van der Waals surface area contributed by atoms with Crippen LogP contribution in [0.4, 0.5) is 5.69 Å². The minimum Gasteiger partial charge on any atom is -0.478 e. The fourth-order valence-electron chi connectivity index (χ4n) is 1.78. The summed E-state index contributed by atoms with van der Waals surface area (Å²) >= 11 is 3.98. The lowest BCUT2D eigenvalue weighted by atomic mass is 10.2. The fraction of sp³-hybridized carbons (Fsp3) is 0.125. The number of thiol groups is 1. The minimum atomic E-state index is -1.03. The molecule has 1 amide bonds. The van der Waals surface area contributed by atoms with Gasteiger partial charge in [0, 0.05) is 17.5 Å². The quantitative estimate of drug-likeness (QED) is 0.608. The van der Waals surface area contributed by atoms with Crippen LogP contribution in [0.25, 0.3) is 0 Å². The number of benzene rings is 2. The number of carboxylic acids is 1. The number of rotatable bonds is 6. The first kappa shape index (κ1) is 16.9. The number of anilines is 1. The van der Waals surface area contributed by atoms with Crippen molar-refractivity contribution >= 4 is 30.2 Å². The summed E-state index contributed by atoms with van der Waals surface area (Å²) in [5.74, 6) is -0.281. The molecule has 6 nitrogen and oxygen atoms in total. The lowest BCUT2D eigenvalue weighted by Gasteiger charge is -2.11. The van der Waals surface area contributed by atoms with E-state index in [9.17, 15) is 9.59 Å². The Balaban J connectivity index is 2.12. The molecule has 0 saturated carbocycles. The highest BCUT2D eigenvalue weighted by Crippen LogP contribution is 2.25. The van der Waals surface area contributed by atoms with E-state index in [-0.39, 0.29) is 17.2 Å². The van der Waals surface area contributed by atoms with Crippen LogP contribution in [0.1, 0.15) is 10.4 Å². The maximum absolute atomic E-state index is 11.7. The first-order chi connectivity index (χ1) is 11.0. The number of nitrogens with two attached hydrogens (primary N) is 1. The summed E-state index contributed by atoms with van der Waals surface area (Å²) in [7, 11) is 0. The molecule has 0 bridgehead atoms. The Morgan fingerprint density at radius 1 is 1.17 bits per heavy atom. The van der Waals surface area contributed by atoms with Gasteiger partial charge in [-0.2, -0.15) is 12.6 Å². The van der Waals surface area contributed by atoms with Crippen LogP contribution in [0, 0.1) is 0 Å². The molecule has 0 aliphatic heterocycles. The zero-order valence-electron chi connectivity index (χ0n) is 12.1. The van der Waals surface area contributed by atoms with Crippen molar-refractivity contribution in [2.24, 2.45) is 5.73 Å². The van der Waals surface area contributed by atoms with Gasteiger partial charge in [-0.05, 0) is 30.3 Å². The highest BCUT2D eigenvalue weighted by molar-refractivity contribution is 7.80. The lowest BCUT2D eigenvalue weighted by molar-refractivity contribution is -0.116. The number of carbonyl (C=O) groups is 2. The van der Waals surface area contributed by atoms with E-state index >= 15 is 0 Å². The Hall–Kier alpha value is -2.51. The van der Waals surface area contributed by atoms with E-state index in [2.05, 4.69) is 17.9 Å². The van der Waals surface area contributed by atoms with Gasteiger partial charge in [-0.15, -0.1) is 0 Å². The van der Waals surface area contributed by atoms with Gasteiger partial charge in [0.05, 0.1) is 11.6 Å². The van der Waals surface area contributed by atoms with Gasteiger partial charge in [0.15, 0.2) is 0 Å². The van der Waals surface area contributed by atoms with Crippen molar-refractivity contribution in [3.63, 3.8) is 0 Å². The van der Waals surface area contributed by atoms with Gasteiger partial charge in [0.25, 0.3) is 0 Å². The zero-order chi connectivity index (χ0) is 16.8. The number of ether oxygens (including phenoxy) is 1. The third kappa shape index (κ3) is 4.73.